The molecule has 1 amide bonds. The van der Waals surface area contributed by atoms with Crippen LogP contribution in [0.3, 0.4) is 0 Å². The van der Waals surface area contributed by atoms with E-state index in [0.29, 0.717) is 0 Å². The highest BCUT2D eigenvalue weighted by Crippen LogP contribution is 2.48. The van der Waals surface area contributed by atoms with E-state index in [1.54, 1.807) is 0 Å². The Labute approximate surface area is 123 Å². The lowest BCUT2D eigenvalue weighted by Crippen LogP contribution is -2.36. The minimum absolute atomic E-state index is 0.00484. The van der Waals surface area contributed by atoms with Crippen molar-refractivity contribution in [1.29, 1.82) is 0 Å². The third-order valence-corrected chi connectivity index (χ3v) is 4.65. The lowest BCUT2D eigenvalue weighted by molar-refractivity contribution is -0.146. The van der Waals surface area contributed by atoms with Gasteiger partial charge in [-0.15, -0.1) is 0 Å². The molecular formula is C17H19NO3. The van der Waals surface area contributed by atoms with Gasteiger partial charge in [0.25, 0.3) is 0 Å². The zero-order valence-corrected chi connectivity index (χ0v) is 12.0. The number of anilines is 1. The van der Waals surface area contributed by atoms with E-state index in [1.165, 1.54) is 0 Å². The smallest absolute Gasteiger partial charge is 0.307 e. The van der Waals surface area contributed by atoms with Crippen molar-refractivity contribution in [2.45, 2.75) is 19.8 Å². The zero-order chi connectivity index (χ0) is 15.0. The summed E-state index contributed by atoms with van der Waals surface area (Å²) >= 11 is 0. The number of rotatable bonds is 4. The molecule has 2 aliphatic carbocycles. The highest BCUT2D eigenvalue weighted by Gasteiger charge is 2.51. The lowest BCUT2D eigenvalue weighted by atomic mass is 9.82. The number of hydrogen-bond donors (Lipinski definition) is 2. The molecule has 4 heteroatoms. The van der Waals surface area contributed by atoms with Crippen molar-refractivity contribution >= 4 is 17.6 Å². The van der Waals surface area contributed by atoms with Crippen LogP contribution >= 0.6 is 0 Å². The summed E-state index contributed by atoms with van der Waals surface area (Å²) in [6.07, 6.45) is 5.63. The van der Waals surface area contributed by atoms with E-state index in [2.05, 4.69) is 12.2 Å². The van der Waals surface area contributed by atoms with E-state index >= 15 is 0 Å². The maximum Gasteiger partial charge on any atom is 0.307 e. The number of hydrogen-bond acceptors (Lipinski definition) is 2. The van der Waals surface area contributed by atoms with Crippen LogP contribution < -0.4 is 5.32 Å². The van der Waals surface area contributed by atoms with E-state index in [9.17, 15) is 14.7 Å². The summed E-state index contributed by atoms with van der Waals surface area (Å²) in [4.78, 5) is 24.0. The Morgan fingerprint density at radius 1 is 1.24 bits per heavy atom. The van der Waals surface area contributed by atoms with Crippen LogP contribution in [-0.2, 0) is 16.0 Å². The second kappa shape index (κ2) is 5.35. The van der Waals surface area contributed by atoms with Crippen molar-refractivity contribution in [1.82, 2.24) is 0 Å². The highest BCUT2D eigenvalue weighted by molar-refractivity contribution is 5.96. The molecule has 4 atom stereocenters. The molecule has 0 saturated heterocycles. The first-order valence-corrected chi connectivity index (χ1v) is 7.41. The number of nitrogens with one attached hydrogen (secondary N) is 1. The standard InChI is InChI=1S/C17H19NO3/c1-2-10-4-3-5-13(8-10)18-16(19)14-11-6-7-12(9-11)15(14)17(20)21/h3-8,11-12,14-15H,2,9H2,1H3,(H,18,19)(H,20,21). The van der Waals surface area contributed by atoms with Crippen molar-refractivity contribution in [3.8, 4) is 0 Å². The van der Waals surface area contributed by atoms with Crippen molar-refractivity contribution in [3.05, 3.63) is 42.0 Å². The zero-order valence-electron chi connectivity index (χ0n) is 12.0. The largest absolute Gasteiger partial charge is 0.481 e. The summed E-state index contributed by atoms with van der Waals surface area (Å²) in [5.74, 6) is -2.02. The summed E-state index contributed by atoms with van der Waals surface area (Å²) in [6, 6.07) is 7.70. The lowest BCUT2D eigenvalue weighted by Gasteiger charge is -2.23. The average molecular weight is 285 g/mol. The molecule has 1 fully saturated rings. The normalized spacial score (nSPS) is 29.6. The minimum Gasteiger partial charge on any atom is -0.481 e. The van der Waals surface area contributed by atoms with Gasteiger partial charge >= 0.3 is 5.97 Å². The Kier molecular flexibility index (Phi) is 3.53. The monoisotopic (exact) mass is 285 g/mol. The first kappa shape index (κ1) is 13.9. The number of aliphatic carboxylic acids is 1. The van der Waals surface area contributed by atoms with Crippen LogP contribution in [0.25, 0.3) is 0 Å². The summed E-state index contributed by atoms with van der Waals surface area (Å²) in [6.45, 7) is 2.06. The third kappa shape index (κ3) is 2.46. The van der Waals surface area contributed by atoms with E-state index in [4.69, 9.17) is 0 Å². The summed E-state index contributed by atoms with van der Waals surface area (Å²) in [5, 5.41) is 12.3. The third-order valence-electron chi connectivity index (χ3n) is 4.65. The van der Waals surface area contributed by atoms with E-state index in [1.807, 2.05) is 36.4 Å². The maximum atomic E-state index is 12.5. The van der Waals surface area contributed by atoms with Crippen LogP contribution in [0.4, 0.5) is 5.69 Å². The Hall–Kier alpha value is -2.10. The van der Waals surface area contributed by atoms with Gasteiger partial charge in [0.2, 0.25) is 5.91 Å². The molecule has 2 bridgehead atoms. The molecule has 21 heavy (non-hydrogen) atoms. The number of benzene rings is 1. The molecule has 2 N–H and O–H groups in total. The topological polar surface area (TPSA) is 66.4 Å². The molecule has 1 aromatic carbocycles. The van der Waals surface area contributed by atoms with Gasteiger partial charge in [0.1, 0.15) is 0 Å². The average Bonchev–Trinajstić information content (AvgIpc) is 3.07. The number of fused-ring (bicyclic) bond motifs is 2. The molecule has 0 aromatic heterocycles. The van der Waals surface area contributed by atoms with Crippen molar-refractivity contribution < 1.29 is 14.7 Å². The molecule has 1 aromatic rings. The Bertz CT molecular complexity index is 608. The molecule has 4 nitrogen and oxygen atoms in total. The Morgan fingerprint density at radius 2 is 1.95 bits per heavy atom. The molecular weight excluding hydrogens is 266 g/mol. The van der Waals surface area contributed by atoms with Crippen LogP contribution in [0.2, 0.25) is 0 Å². The van der Waals surface area contributed by atoms with Gasteiger partial charge in [-0.3, -0.25) is 9.59 Å². The van der Waals surface area contributed by atoms with Gasteiger partial charge in [0.05, 0.1) is 11.8 Å². The molecule has 0 heterocycles. The fourth-order valence-electron chi connectivity index (χ4n) is 3.61. The van der Waals surface area contributed by atoms with Gasteiger partial charge in [0.15, 0.2) is 0 Å². The van der Waals surface area contributed by atoms with Crippen LogP contribution in [0.15, 0.2) is 36.4 Å². The summed E-state index contributed by atoms with van der Waals surface area (Å²) in [7, 11) is 0. The molecule has 1 saturated carbocycles. The molecule has 0 radical (unpaired) electrons. The highest BCUT2D eigenvalue weighted by atomic mass is 16.4. The molecule has 3 rings (SSSR count). The van der Waals surface area contributed by atoms with E-state index in [-0.39, 0.29) is 17.7 Å². The van der Waals surface area contributed by atoms with Crippen LogP contribution in [0, 0.1) is 23.7 Å². The van der Waals surface area contributed by atoms with E-state index in [0.717, 1.165) is 24.1 Å². The Morgan fingerprint density at radius 3 is 2.62 bits per heavy atom. The molecule has 110 valence electrons. The van der Waals surface area contributed by atoms with Crippen molar-refractivity contribution in [2.24, 2.45) is 23.7 Å². The fourth-order valence-corrected chi connectivity index (χ4v) is 3.61. The number of carbonyl (C=O) groups excluding carboxylic acids is 1. The van der Waals surface area contributed by atoms with Gasteiger partial charge in [-0.25, -0.2) is 0 Å². The maximum absolute atomic E-state index is 12.5. The summed E-state index contributed by atoms with van der Waals surface area (Å²) < 4.78 is 0. The fraction of sp³-hybridized carbons (Fsp3) is 0.412. The molecule has 4 unspecified atom stereocenters. The second-order valence-electron chi connectivity index (χ2n) is 5.88. The molecule has 0 aliphatic heterocycles. The van der Waals surface area contributed by atoms with E-state index < -0.39 is 17.8 Å². The van der Waals surface area contributed by atoms with Crippen molar-refractivity contribution in [3.63, 3.8) is 0 Å². The predicted molar refractivity (Wildman–Crippen MR) is 79.8 cm³/mol. The first-order chi connectivity index (χ1) is 10.1. The Balaban J connectivity index is 1.78. The summed E-state index contributed by atoms with van der Waals surface area (Å²) in [5.41, 5.74) is 1.89. The number of allylic oxidation sites excluding steroid dienone is 2. The van der Waals surface area contributed by atoms with Crippen molar-refractivity contribution in [2.75, 3.05) is 5.32 Å². The number of carboxylic acids is 1. The van der Waals surface area contributed by atoms with Crippen LogP contribution in [-0.4, -0.2) is 17.0 Å². The van der Waals surface area contributed by atoms with Gasteiger partial charge < -0.3 is 10.4 Å². The first-order valence-electron chi connectivity index (χ1n) is 7.41. The number of carboxylic acid groups (broad SMARTS) is 1. The number of carbonyl (C=O) groups is 2. The SMILES string of the molecule is CCc1cccc(NC(=O)C2C3C=CC(C3)C2C(=O)O)c1. The van der Waals surface area contributed by atoms with Crippen LogP contribution in [0.1, 0.15) is 18.9 Å². The quantitative estimate of drug-likeness (QED) is 0.836. The second-order valence-corrected chi connectivity index (χ2v) is 5.88. The van der Waals surface area contributed by atoms with Gasteiger partial charge in [-0.05, 0) is 42.4 Å². The minimum atomic E-state index is -0.866. The van der Waals surface area contributed by atoms with Crippen LogP contribution in [0.5, 0.6) is 0 Å². The predicted octanol–water partition coefficient (Wildman–Crippen LogP) is 2.71. The number of aryl methyl sites for hydroxylation is 1. The van der Waals surface area contributed by atoms with Gasteiger partial charge in [-0.1, -0.05) is 31.2 Å². The van der Waals surface area contributed by atoms with Gasteiger partial charge in [0, 0.05) is 5.69 Å². The molecule has 2 aliphatic rings. The van der Waals surface area contributed by atoms with Gasteiger partial charge in [-0.2, -0.15) is 0 Å². The molecule has 0 spiro atoms. The number of amides is 1.